The molecule has 0 saturated carbocycles. The zero-order valence-corrected chi connectivity index (χ0v) is 11.8. The minimum atomic E-state index is -0.447. The summed E-state index contributed by atoms with van der Waals surface area (Å²) in [5, 5.41) is 1.57. The zero-order valence-electron chi connectivity index (χ0n) is 7.88. The highest BCUT2D eigenvalue weighted by Gasteiger charge is 2.19. The van der Waals surface area contributed by atoms with Gasteiger partial charge in [0.05, 0.1) is 10.4 Å². The first kappa shape index (κ1) is 12.4. The van der Waals surface area contributed by atoms with Crippen LogP contribution < -0.4 is 0 Å². The molecule has 0 aliphatic rings. The van der Waals surface area contributed by atoms with E-state index in [2.05, 4.69) is 15.9 Å². The van der Waals surface area contributed by atoms with Crippen molar-refractivity contribution in [2.75, 3.05) is 0 Å². The van der Waals surface area contributed by atoms with Gasteiger partial charge in [-0.1, -0.05) is 23.7 Å². The smallest absolute Gasteiger partial charge is 0.142 e. The molecule has 0 amide bonds. The molecule has 0 N–H and O–H groups in total. The molecule has 84 valence electrons. The molecule has 16 heavy (non-hydrogen) atoms. The minimum absolute atomic E-state index is 0.0859. The van der Waals surface area contributed by atoms with Crippen molar-refractivity contribution in [2.45, 2.75) is 5.38 Å². The topological polar surface area (TPSA) is 0 Å². The van der Waals surface area contributed by atoms with Crippen molar-refractivity contribution in [2.24, 2.45) is 0 Å². The van der Waals surface area contributed by atoms with Gasteiger partial charge in [0.1, 0.15) is 5.82 Å². The van der Waals surface area contributed by atoms with Gasteiger partial charge in [-0.05, 0) is 39.0 Å². The highest BCUT2D eigenvalue weighted by atomic mass is 79.9. The Bertz CT molecular complexity index is 512. The molecule has 0 fully saturated rings. The molecule has 1 aromatic carbocycles. The third-order valence-electron chi connectivity index (χ3n) is 2.13. The standard InChI is InChI=1S/C11H6BrCl2FS/c12-7-4-5-16-11(7)10(14)6-2-1-3-8(15)9(6)13/h1-5,10H. The van der Waals surface area contributed by atoms with E-state index in [0.717, 1.165) is 9.35 Å². The summed E-state index contributed by atoms with van der Waals surface area (Å²) in [6.45, 7) is 0. The lowest BCUT2D eigenvalue weighted by Crippen LogP contribution is -1.94. The van der Waals surface area contributed by atoms with E-state index in [1.54, 1.807) is 12.1 Å². The van der Waals surface area contributed by atoms with E-state index in [1.807, 2.05) is 11.4 Å². The second-order valence-electron chi connectivity index (χ2n) is 3.14. The van der Waals surface area contributed by atoms with Crippen molar-refractivity contribution < 1.29 is 4.39 Å². The number of hydrogen-bond donors (Lipinski definition) is 0. The van der Waals surface area contributed by atoms with E-state index in [0.29, 0.717) is 5.56 Å². The Morgan fingerprint density at radius 1 is 1.31 bits per heavy atom. The number of benzene rings is 1. The maximum absolute atomic E-state index is 13.3. The van der Waals surface area contributed by atoms with E-state index in [-0.39, 0.29) is 5.02 Å². The summed E-state index contributed by atoms with van der Waals surface area (Å²) in [4.78, 5) is 0.925. The molecule has 5 heteroatoms. The van der Waals surface area contributed by atoms with E-state index in [9.17, 15) is 4.39 Å². The Labute approximate surface area is 115 Å². The molecule has 1 aromatic heterocycles. The summed E-state index contributed by atoms with van der Waals surface area (Å²) < 4.78 is 14.2. The van der Waals surface area contributed by atoms with Gasteiger partial charge >= 0.3 is 0 Å². The number of alkyl halides is 1. The first-order valence-corrected chi connectivity index (χ1v) is 6.91. The fourth-order valence-electron chi connectivity index (χ4n) is 1.34. The zero-order chi connectivity index (χ0) is 11.7. The van der Waals surface area contributed by atoms with Crippen LogP contribution in [0.2, 0.25) is 5.02 Å². The van der Waals surface area contributed by atoms with Gasteiger partial charge in [0, 0.05) is 9.35 Å². The highest BCUT2D eigenvalue weighted by molar-refractivity contribution is 9.10. The highest BCUT2D eigenvalue weighted by Crippen LogP contribution is 2.40. The number of halogens is 4. The van der Waals surface area contributed by atoms with Crippen LogP contribution in [0.15, 0.2) is 34.1 Å². The first-order chi connectivity index (χ1) is 7.61. The first-order valence-electron chi connectivity index (χ1n) is 4.42. The van der Waals surface area contributed by atoms with Crippen molar-refractivity contribution in [1.82, 2.24) is 0 Å². The molecule has 0 aliphatic carbocycles. The van der Waals surface area contributed by atoms with Crippen LogP contribution in [-0.2, 0) is 0 Å². The normalized spacial score (nSPS) is 12.8. The summed E-state index contributed by atoms with van der Waals surface area (Å²) in [7, 11) is 0. The van der Waals surface area contributed by atoms with E-state index >= 15 is 0 Å². The fraction of sp³-hybridized carbons (Fsp3) is 0.0909. The summed E-state index contributed by atoms with van der Waals surface area (Å²) in [5.41, 5.74) is 0.589. The molecule has 0 nitrogen and oxygen atoms in total. The molecule has 1 atom stereocenters. The van der Waals surface area contributed by atoms with Gasteiger partial charge < -0.3 is 0 Å². The molecular weight excluding hydrogens is 334 g/mol. The molecule has 0 aliphatic heterocycles. The lowest BCUT2D eigenvalue weighted by Gasteiger charge is -2.11. The van der Waals surface area contributed by atoms with Crippen LogP contribution >= 0.6 is 50.5 Å². The van der Waals surface area contributed by atoms with Gasteiger partial charge in [-0.2, -0.15) is 0 Å². The Morgan fingerprint density at radius 2 is 2.06 bits per heavy atom. The van der Waals surface area contributed by atoms with Crippen LogP contribution in [0.25, 0.3) is 0 Å². The average molecular weight is 340 g/mol. The van der Waals surface area contributed by atoms with E-state index in [1.165, 1.54) is 17.4 Å². The molecule has 1 unspecified atom stereocenters. The molecule has 2 aromatic rings. The molecular formula is C11H6BrCl2FS. The molecule has 2 rings (SSSR count). The van der Waals surface area contributed by atoms with Crippen LogP contribution in [0.4, 0.5) is 4.39 Å². The van der Waals surface area contributed by atoms with Crippen molar-refractivity contribution in [1.29, 1.82) is 0 Å². The summed E-state index contributed by atoms with van der Waals surface area (Å²) in [6, 6.07) is 6.56. The lowest BCUT2D eigenvalue weighted by molar-refractivity contribution is 0.626. The SMILES string of the molecule is Fc1cccc(C(Cl)c2sccc2Br)c1Cl. The quantitative estimate of drug-likeness (QED) is 0.622. The molecule has 1 heterocycles. The Balaban J connectivity index is 2.46. The predicted octanol–water partition coefficient (Wildman–Crippen LogP) is 5.63. The lowest BCUT2D eigenvalue weighted by atomic mass is 10.1. The predicted molar refractivity (Wildman–Crippen MR) is 71.1 cm³/mol. The monoisotopic (exact) mass is 338 g/mol. The van der Waals surface area contributed by atoms with E-state index in [4.69, 9.17) is 23.2 Å². The van der Waals surface area contributed by atoms with Crippen molar-refractivity contribution in [3.05, 3.63) is 55.4 Å². The van der Waals surface area contributed by atoms with Crippen molar-refractivity contribution >= 4 is 50.5 Å². The van der Waals surface area contributed by atoms with Crippen LogP contribution in [-0.4, -0.2) is 0 Å². The summed E-state index contributed by atoms with van der Waals surface area (Å²) >= 11 is 17.1. The molecule has 0 bridgehead atoms. The number of thiophene rings is 1. The van der Waals surface area contributed by atoms with Crippen LogP contribution in [0.5, 0.6) is 0 Å². The van der Waals surface area contributed by atoms with E-state index < -0.39 is 11.2 Å². The van der Waals surface area contributed by atoms with Crippen molar-refractivity contribution in [3.63, 3.8) is 0 Å². The van der Waals surface area contributed by atoms with Crippen LogP contribution in [0.1, 0.15) is 15.8 Å². The maximum Gasteiger partial charge on any atom is 0.142 e. The summed E-state index contributed by atoms with van der Waals surface area (Å²) in [5.74, 6) is -0.447. The third-order valence-corrected chi connectivity index (χ3v) is 5.05. The average Bonchev–Trinajstić information content (AvgIpc) is 2.68. The van der Waals surface area contributed by atoms with Gasteiger partial charge in [-0.3, -0.25) is 0 Å². The van der Waals surface area contributed by atoms with Crippen molar-refractivity contribution in [3.8, 4) is 0 Å². The van der Waals surface area contributed by atoms with Gasteiger partial charge in [0.15, 0.2) is 0 Å². The van der Waals surface area contributed by atoms with Gasteiger partial charge in [0.25, 0.3) is 0 Å². The molecule has 0 spiro atoms. The number of hydrogen-bond acceptors (Lipinski definition) is 1. The largest absolute Gasteiger partial charge is 0.205 e. The molecule has 0 radical (unpaired) electrons. The van der Waals surface area contributed by atoms with Gasteiger partial charge in [-0.25, -0.2) is 4.39 Å². The minimum Gasteiger partial charge on any atom is -0.205 e. The van der Waals surface area contributed by atoms with Crippen LogP contribution in [0.3, 0.4) is 0 Å². The maximum atomic E-state index is 13.3. The van der Waals surface area contributed by atoms with Gasteiger partial charge in [-0.15, -0.1) is 22.9 Å². The Kier molecular flexibility index (Phi) is 3.90. The van der Waals surface area contributed by atoms with Crippen LogP contribution in [0, 0.1) is 5.82 Å². The Hall–Kier alpha value is -0.0900. The second-order valence-corrected chi connectivity index (χ2v) is 5.75. The fourth-order valence-corrected chi connectivity index (χ4v) is 3.81. The second kappa shape index (κ2) is 5.05. The Morgan fingerprint density at radius 3 is 2.69 bits per heavy atom. The van der Waals surface area contributed by atoms with Gasteiger partial charge in [0.2, 0.25) is 0 Å². The molecule has 0 saturated heterocycles. The summed E-state index contributed by atoms with van der Waals surface area (Å²) in [6.07, 6.45) is 0. The third kappa shape index (κ3) is 2.28. The number of rotatable bonds is 2.